The van der Waals surface area contributed by atoms with Crippen LogP contribution >= 0.6 is 0 Å². The van der Waals surface area contributed by atoms with Crippen LogP contribution in [0.5, 0.6) is 0 Å². The van der Waals surface area contributed by atoms with Gasteiger partial charge in [0.2, 0.25) is 5.95 Å². The fourth-order valence-corrected chi connectivity index (χ4v) is 1.52. The minimum atomic E-state index is 0.439. The fraction of sp³-hybridized carbons (Fsp3) is 0.692. The molecule has 0 radical (unpaired) electrons. The summed E-state index contributed by atoms with van der Waals surface area (Å²) in [5, 5.41) is 3.26. The van der Waals surface area contributed by atoms with E-state index in [9.17, 15) is 0 Å². The third-order valence-electron chi connectivity index (χ3n) is 3.16. The molecule has 0 saturated carbocycles. The Morgan fingerprint density at radius 1 is 1.24 bits per heavy atom. The fourth-order valence-electron chi connectivity index (χ4n) is 1.52. The van der Waals surface area contributed by atoms with Crippen molar-refractivity contribution in [3.05, 3.63) is 18.0 Å². The van der Waals surface area contributed by atoms with Crippen LogP contribution in [0.25, 0.3) is 0 Å². The first-order chi connectivity index (χ1) is 8.06. The number of aromatic nitrogens is 2. The Kier molecular flexibility index (Phi) is 5.35. The molecule has 0 aliphatic rings. The lowest BCUT2D eigenvalue weighted by Gasteiger charge is -2.27. The minimum Gasteiger partial charge on any atom is -0.341 e. The van der Waals surface area contributed by atoms with Crippen LogP contribution in [0.2, 0.25) is 0 Å². The first kappa shape index (κ1) is 13.9. The van der Waals surface area contributed by atoms with Crippen molar-refractivity contribution in [2.75, 3.05) is 18.5 Å². The summed E-state index contributed by atoms with van der Waals surface area (Å²) in [4.78, 5) is 10.9. The molecule has 4 heteroatoms. The van der Waals surface area contributed by atoms with Crippen molar-refractivity contribution >= 4 is 5.95 Å². The van der Waals surface area contributed by atoms with Crippen LogP contribution < -0.4 is 10.2 Å². The molecular formula is C13H24N4. The molecule has 0 bridgehead atoms. The largest absolute Gasteiger partial charge is 0.341 e. The van der Waals surface area contributed by atoms with Crippen molar-refractivity contribution in [3.63, 3.8) is 0 Å². The van der Waals surface area contributed by atoms with Crippen molar-refractivity contribution in [1.29, 1.82) is 0 Å². The second kappa shape index (κ2) is 6.55. The second-order valence-corrected chi connectivity index (χ2v) is 4.77. The number of hydrogen-bond acceptors (Lipinski definition) is 4. The molecule has 1 aromatic rings. The first-order valence-corrected chi connectivity index (χ1v) is 6.30. The maximum Gasteiger partial charge on any atom is 0.225 e. The molecule has 0 amide bonds. The van der Waals surface area contributed by atoms with Gasteiger partial charge in [0.15, 0.2) is 0 Å². The lowest BCUT2D eigenvalue weighted by Crippen LogP contribution is -2.34. The summed E-state index contributed by atoms with van der Waals surface area (Å²) < 4.78 is 0. The Bertz CT molecular complexity index is 321. The van der Waals surface area contributed by atoms with Crippen LogP contribution in [0.4, 0.5) is 5.95 Å². The number of hydrogen-bond donors (Lipinski definition) is 1. The van der Waals surface area contributed by atoms with Crippen molar-refractivity contribution in [2.24, 2.45) is 5.92 Å². The van der Waals surface area contributed by atoms with Crippen LogP contribution in [0.1, 0.15) is 33.3 Å². The molecule has 1 atom stereocenters. The molecule has 1 N–H and O–H groups in total. The molecular weight excluding hydrogens is 212 g/mol. The Morgan fingerprint density at radius 3 is 2.29 bits per heavy atom. The molecule has 4 nitrogen and oxygen atoms in total. The molecule has 1 aromatic heterocycles. The zero-order chi connectivity index (χ0) is 12.8. The summed E-state index contributed by atoms with van der Waals surface area (Å²) in [6.45, 7) is 10.5. The van der Waals surface area contributed by atoms with Gasteiger partial charge in [0.25, 0.3) is 0 Å². The van der Waals surface area contributed by atoms with Crippen LogP contribution in [0, 0.1) is 5.92 Å². The summed E-state index contributed by atoms with van der Waals surface area (Å²) in [7, 11) is 2.05. The van der Waals surface area contributed by atoms with Crippen molar-refractivity contribution < 1.29 is 0 Å². The van der Waals surface area contributed by atoms with Gasteiger partial charge in [-0.25, -0.2) is 9.97 Å². The van der Waals surface area contributed by atoms with Crippen molar-refractivity contribution in [2.45, 2.75) is 40.3 Å². The Balaban J connectivity index is 2.66. The number of nitrogens with zero attached hydrogens (tertiary/aromatic N) is 3. The lowest BCUT2D eigenvalue weighted by molar-refractivity contribution is 0.499. The van der Waals surface area contributed by atoms with E-state index in [-0.39, 0.29) is 0 Å². The quantitative estimate of drug-likeness (QED) is 0.821. The zero-order valence-electron chi connectivity index (χ0n) is 11.6. The van der Waals surface area contributed by atoms with Gasteiger partial charge in [-0.15, -0.1) is 0 Å². The van der Waals surface area contributed by atoms with Gasteiger partial charge in [0.1, 0.15) is 0 Å². The van der Waals surface area contributed by atoms with Gasteiger partial charge in [-0.3, -0.25) is 0 Å². The lowest BCUT2D eigenvalue weighted by atomic mass is 10.1. The maximum atomic E-state index is 4.41. The molecule has 1 heterocycles. The highest BCUT2D eigenvalue weighted by Crippen LogP contribution is 2.14. The highest BCUT2D eigenvalue weighted by atomic mass is 15.2. The van der Waals surface area contributed by atoms with E-state index < -0.39 is 0 Å². The monoisotopic (exact) mass is 236 g/mol. The number of anilines is 1. The summed E-state index contributed by atoms with van der Waals surface area (Å²) in [6.07, 6.45) is 3.79. The van der Waals surface area contributed by atoms with E-state index in [0.29, 0.717) is 12.0 Å². The third-order valence-corrected chi connectivity index (χ3v) is 3.16. The van der Waals surface area contributed by atoms with Gasteiger partial charge >= 0.3 is 0 Å². The van der Waals surface area contributed by atoms with Crippen LogP contribution in [0.15, 0.2) is 12.4 Å². The molecule has 0 aliphatic heterocycles. The maximum absolute atomic E-state index is 4.41. The molecule has 0 aliphatic carbocycles. The van der Waals surface area contributed by atoms with Crippen molar-refractivity contribution in [1.82, 2.24) is 15.3 Å². The van der Waals surface area contributed by atoms with Crippen molar-refractivity contribution in [3.8, 4) is 0 Å². The topological polar surface area (TPSA) is 41.1 Å². The standard InChI is InChI=1S/C13H24N4/c1-6-14-7-12-8-15-13(16-9-12)17(5)11(4)10(2)3/h8-11,14H,6-7H2,1-5H3. The summed E-state index contributed by atoms with van der Waals surface area (Å²) in [5.41, 5.74) is 1.13. The van der Waals surface area contributed by atoms with E-state index in [2.05, 4.69) is 47.9 Å². The van der Waals surface area contributed by atoms with Crippen LogP contribution in [-0.2, 0) is 6.54 Å². The Morgan fingerprint density at radius 2 is 1.82 bits per heavy atom. The number of rotatable bonds is 6. The van der Waals surface area contributed by atoms with E-state index in [4.69, 9.17) is 0 Å². The molecule has 0 fully saturated rings. The third kappa shape index (κ3) is 3.97. The molecule has 0 saturated heterocycles. The second-order valence-electron chi connectivity index (χ2n) is 4.77. The number of nitrogens with one attached hydrogen (secondary N) is 1. The van der Waals surface area contributed by atoms with E-state index in [0.717, 1.165) is 24.6 Å². The predicted octanol–water partition coefficient (Wildman–Crippen LogP) is 2.07. The SMILES string of the molecule is CCNCc1cnc(N(C)C(C)C(C)C)nc1. The summed E-state index contributed by atoms with van der Waals surface area (Å²) in [5.74, 6) is 1.39. The summed E-state index contributed by atoms with van der Waals surface area (Å²) in [6, 6.07) is 0.439. The Labute approximate surface area is 104 Å². The van der Waals surface area contributed by atoms with E-state index in [1.807, 2.05) is 19.4 Å². The Hall–Kier alpha value is -1.16. The van der Waals surface area contributed by atoms with Crippen LogP contribution in [0.3, 0.4) is 0 Å². The normalized spacial score (nSPS) is 12.8. The molecule has 0 spiro atoms. The summed E-state index contributed by atoms with van der Waals surface area (Å²) >= 11 is 0. The smallest absolute Gasteiger partial charge is 0.225 e. The molecule has 0 aromatic carbocycles. The van der Waals surface area contributed by atoms with Gasteiger partial charge in [-0.05, 0) is 19.4 Å². The minimum absolute atomic E-state index is 0.439. The first-order valence-electron chi connectivity index (χ1n) is 6.30. The van der Waals surface area contributed by atoms with Crippen LogP contribution in [-0.4, -0.2) is 29.6 Å². The average Bonchev–Trinajstić information content (AvgIpc) is 2.35. The van der Waals surface area contributed by atoms with E-state index >= 15 is 0 Å². The molecule has 17 heavy (non-hydrogen) atoms. The zero-order valence-corrected chi connectivity index (χ0v) is 11.6. The average molecular weight is 236 g/mol. The highest BCUT2D eigenvalue weighted by molar-refractivity contribution is 5.30. The van der Waals surface area contributed by atoms with E-state index in [1.165, 1.54) is 0 Å². The molecule has 96 valence electrons. The predicted molar refractivity (Wildman–Crippen MR) is 72.1 cm³/mol. The van der Waals surface area contributed by atoms with Gasteiger partial charge < -0.3 is 10.2 Å². The van der Waals surface area contributed by atoms with Gasteiger partial charge in [0, 0.05) is 37.6 Å². The van der Waals surface area contributed by atoms with E-state index in [1.54, 1.807) is 0 Å². The molecule has 1 rings (SSSR count). The molecule has 1 unspecified atom stereocenters. The van der Waals surface area contributed by atoms with Gasteiger partial charge in [0.05, 0.1) is 0 Å². The van der Waals surface area contributed by atoms with Gasteiger partial charge in [-0.2, -0.15) is 0 Å². The highest BCUT2D eigenvalue weighted by Gasteiger charge is 2.15. The van der Waals surface area contributed by atoms with Gasteiger partial charge in [-0.1, -0.05) is 20.8 Å².